The number of imide groups is 1. The number of nitrogens with zero attached hydrogens (tertiary/aromatic N) is 1. The standard InChI is InChI=1S/C20H21N3O5S/c1-12-4-7-15-16(10-12)20(26)23(19(15)25)9-8-18(24)21-14-6-5-13(2)17(11-14)22-29(3,27)28/h4-7,10-11,22H,8-9H2,1-3H3,(H,21,24). The third kappa shape index (κ3) is 4.62. The minimum absolute atomic E-state index is 0.0441. The molecule has 1 heterocycles. The van der Waals surface area contributed by atoms with Gasteiger partial charge in [-0.2, -0.15) is 0 Å². The van der Waals surface area contributed by atoms with E-state index in [9.17, 15) is 22.8 Å². The molecule has 0 spiro atoms. The maximum absolute atomic E-state index is 12.5. The number of hydrogen-bond donors (Lipinski definition) is 2. The molecule has 0 saturated heterocycles. The van der Waals surface area contributed by atoms with Crippen LogP contribution in [0.2, 0.25) is 0 Å². The SMILES string of the molecule is Cc1ccc2c(c1)C(=O)N(CCC(=O)Nc1ccc(C)c(NS(C)(=O)=O)c1)C2=O. The van der Waals surface area contributed by atoms with E-state index in [0.29, 0.717) is 28.1 Å². The van der Waals surface area contributed by atoms with Crippen molar-refractivity contribution in [3.63, 3.8) is 0 Å². The molecule has 9 heteroatoms. The van der Waals surface area contributed by atoms with Crippen LogP contribution < -0.4 is 10.0 Å². The first-order valence-corrected chi connectivity index (χ1v) is 10.8. The van der Waals surface area contributed by atoms with Crippen LogP contribution in [0.3, 0.4) is 0 Å². The van der Waals surface area contributed by atoms with Crippen LogP contribution >= 0.6 is 0 Å². The van der Waals surface area contributed by atoms with E-state index in [2.05, 4.69) is 10.0 Å². The lowest BCUT2D eigenvalue weighted by Gasteiger charge is -2.14. The van der Waals surface area contributed by atoms with Gasteiger partial charge in [-0.1, -0.05) is 17.7 Å². The van der Waals surface area contributed by atoms with Crippen molar-refractivity contribution in [3.8, 4) is 0 Å². The summed E-state index contributed by atoms with van der Waals surface area (Å²) in [6.07, 6.45) is 0.967. The molecule has 2 aromatic carbocycles. The summed E-state index contributed by atoms with van der Waals surface area (Å²) >= 11 is 0. The first-order valence-electron chi connectivity index (χ1n) is 8.90. The highest BCUT2D eigenvalue weighted by Gasteiger charge is 2.35. The van der Waals surface area contributed by atoms with Crippen LogP contribution in [0.25, 0.3) is 0 Å². The van der Waals surface area contributed by atoms with Gasteiger partial charge in [-0.3, -0.25) is 24.0 Å². The quantitative estimate of drug-likeness (QED) is 0.703. The number of benzene rings is 2. The average molecular weight is 415 g/mol. The third-order valence-corrected chi connectivity index (χ3v) is 5.10. The molecule has 1 aliphatic heterocycles. The van der Waals surface area contributed by atoms with Crippen molar-refractivity contribution in [2.75, 3.05) is 22.8 Å². The van der Waals surface area contributed by atoms with Crippen LogP contribution in [0.4, 0.5) is 11.4 Å². The highest BCUT2D eigenvalue weighted by Crippen LogP contribution is 2.24. The molecule has 0 bridgehead atoms. The van der Waals surface area contributed by atoms with E-state index in [1.165, 1.54) is 6.07 Å². The second-order valence-corrected chi connectivity index (χ2v) is 8.76. The molecule has 0 unspecified atom stereocenters. The van der Waals surface area contributed by atoms with E-state index >= 15 is 0 Å². The summed E-state index contributed by atoms with van der Waals surface area (Å²) in [7, 11) is -3.45. The highest BCUT2D eigenvalue weighted by atomic mass is 32.2. The van der Waals surface area contributed by atoms with Crippen LogP contribution in [-0.4, -0.2) is 43.8 Å². The van der Waals surface area contributed by atoms with Crippen molar-refractivity contribution in [1.82, 2.24) is 4.90 Å². The fraction of sp³-hybridized carbons (Fsp3) is 0.250. The van der Waals surface area contributed by atoms with Gasteiger partial charge in [0.25, 0.3) is 11.8 Å². The van der Waals surface area contributed by atoms with Crippen LogP contribution in [0.15, 0.2) is 36.4 Å². The Labute approximate surface area is 169 Å². The lowest BCUT2D eigenvalue weighted by atomic mass is 10.1. The number of amides is 3. The molecular weight excluding hydrogens is 394 g/mol. The fourth-order valence-electron chi connectivity index (χ4n) is 3.05. The summed E-state index contributed by atoms with van der Waals surface area (Å²) in [6.45, 7) is 3.53. The Morgan fingerprint density at radius 2 is 1.69 bits per heavy atom. The van der Waals surface area contributed by atoms with E-state index in [-0.39, 0.29) is 13.0 Å². The Morgan fingerprint density at radius 3 is 2.38 bits per heavy atom. The lowest BCUT2D eigenvalue weighted by molar-refractivity contribution is -0.116. The Balaban J connectivity index is 1.65. The summed E-state index contributed by atoms with van der Waals surface area (Å²) in [5, 5.41) is 2.66. The summed E-state index contributed by atoms with van der Waals surface area (Å²) in [5.74, 6) is -1.21. The van der Waals surface area contributed by atoms with E-state index in [1.54, 1.807) is 37.3 Å². The van der Waals surface area contributed by atoms with E-state index in [0.717, 1.165) is 16.7 Å². The predicted octanol–water partition coefficient (Wildman–Crippen LogP) is 2.30. The number of aryl methyl sites for hydroxylation is 2. The van der Waals surface area contributed by atoms with Gasteiger partial charge >= 0.3 is 0 Å². The summed E-state index contributed by atoms with van der Waals surface area (Å²) in [5.41, 5.74) is 3.05. The number of sulfonamides is 1. The topological polar surface area (TPSA) is 113 Å². The zero-order valence-corrected chi connectivity index (χ0v) is 17.1. The molecule has 0 aliphatic carbocycles. The smallest absolute Gasteiger partial charge is 0.261 e. The van der Waals surface area contributed by atoms with Gasteiger partial charge in [-0.25, -0.2) is 8.42 Å². The van der Waals surface area contributed by atoms with Gasteiger partial charge in [0.1, 0.15) is 0 Å². The van der Waals surface area contributed by atoms with Crippen molar-refractivity contribution >= 4 is 39.1 Å². The van der Waals surface area contributed by atoms with Gasteiger partial charge in [0.05, 0.1) is 23.1 Å². The zero-order valence-electron chi connectivity index (χ0n) is 16.3. The van der Waals surface area contributed by atoms with Gasteiger partial charge in [0.2, 0.25) is 15.9 Å². The van der Waals surface area contributed by atoms with Gasteiger partial charge in [0, 0.05) is 18.7 Å². The Bertz CT molecular complexity index is 1120. The van der Waals surface area contributed by atoms with Gasteiger partial charge in [-0.05, 0) is 43.7 Å². The number of hydrogen-bond acceptors (Lipinski definition) is 5. The first-order chi connectivity index (χ1) is 13.5. The lowest BCUT2D eigenvalue weighted by Crippen LogP contribution is -2.32. The number of carbonyl (C=O) groups excluding carboxylic acids is 3. The van der Waals surface area contributed by atoms with Crippen LogP contribution in [0.1, 0.15) is 38.3 Å². The number of fused-ring (bicyclic) bond motifs is 1. The van der Waals surface area contributed by atoms with Crippen molar-refractivity contribution in [2.24, 2.45) is 0 Å². The molecule has 0 aromatic heterocycles. The Kier molecular flexibility index (Phi) is 5.43. The summed E-state index contributed by atoms with van der Waals surface area (Å²) < 4.78 is 25.3. The summed E-state index contributed by atoms with van der Waals surface area (Å²) in [4.78, 5) is 38.2. The molecule has 1 aliphatic rings. The Hall–Kier alpha value is -3.20. The van der Waals surface area contributed by atoms with Crippen molar-refractivity contribution in [1.29, 1.82) is 0 Å². The van der Waals surface area contributed by atoms with Crippen molar-refractivity contribution in [3.05, 3.63) is 58.7 Å². The van der Waals surface area contributed by atoms with Crippen LogP contribution in [-0.2, 0) is 14.8 Å². The molecule has 0 atom stereocenters. The molecule has 0 saturated carbocycles. The molecule has 29 heavy (non-hydrogen) atoms. The molecule has 0 fully saturated rings. The van der Waals surface area contributed by atoms with Gasteiger partial charge < -0.3 is 5.32 Å². The molecule has 8 nitrogen and oxygen atoms in total. The fourth-order valence-corrected chi connectivity index (χ4v) is 3.67. The van der Waals surface area contributed by atoms with E-state index < -0.39 is 27.7 Å². The molecule has 0 radical (unpaired) electrons. The second-order valence-electron chi connectivity index (χ2n) is 7.01. The minimum Gasteiger partial charge on any atom is -0.326 e. The third-order valence-electron chi connectivity index (χ3n) is 4.51. The van der Waals surface area contributed by atoms with E-state index in [1.807, 2.05) is 6.92 Å². The maximum Gasteiger partial charge on any atom is 0.261 e. The van der Waals surface area contributed by atoms with Gasteiger partial charge in [-0.15, -0.1) is 0 Å². The number of rotatable bonds is 6. The second kappa shape index (κ2) is 7.67. The first kappa shape index (κ1) is 20.5. The van der Waals surface area contributed by atoms with Crippen LogP contribution in [0, 0.1) is 13.8 Å². The van der Waals surface area contributed by atoms with Crippen molar-refractivity contribution in [2.45, 2.75) is 20.3 Å². The highest BCUT2D eigenvalue weighted by molar-refractivity contribution is 7.92. The minimum atomic E-state index is -3.45. The molecule has 3 rings (SSSR count). The largest absolute Gasteiger partial charge is 0.326 e. The average Bonchev–Trinajstić information content (AvgIpc) is 2.85. The molecule has 2 N–H and O–H groups in total. The maximum atomic E-state index is 12.5. The monoisotopic (exact) mass is 415 g/mol. The Morgan fingerprint density at radius 1 is 1.00 bits per heavy atom. The van der Waals surface area contributed by atoms with Gasteiger partial charge in [0.15, 0.2) is 0 Å². The normalized spacial score (nSPS) is 13.4. The van der Waals surface area contributed by atoms with Crippen LogP contribution in [0.5, 0.6) is 0 Å². The number of anilines is 2. The molecule has 2 aromatic rings. The molecule has 152 valence electrons. The summed E-state index contributed by atoms with van der Waals surface area (Å²) in [6, 6.07) is 9.88. The predicted molar refractivity (Wildman–Crippen MR) is 109 cm³/mol. The molecular formula is C20H21N3O5S. The van der Waals surface area contributed by atoms with Crippen molar-refractivity contribution < 1.29 is 22.8 Å². The zero-order chi connectivity index (χ0) is 21.3. The molecule has 3 amide bonds. The number of carbonyl (C=O) groups is 3. The number of nitrogens with one attached hydrogen (secondary N) is 2. The van der Waals surface area contributed by atoms with E-state index in [4.69, 9.17) is 0 Å².